The molecule has 3 rings (SSSR count). The number of anilines is 1. The van der Waals surface area contributed by atoms with E-state index in [0.717, 1.165) is 35.1 Å². The molecular formula is C25H24F3N5O5. The Morgan fingerprint density at radius 2 is 1.87 bits per heavy atom. The van der Waals surface area contributed by atoms with Crippen molar-refractivity contribution in [1.29, 1.82) is 10.7 Å². The summed E-state index contributed by atoms with van der Waals surface area (Å²) in [6.45, 7) is 1.63. The zero-order chi connectivity index (χ0) is 28.2. The first-order chi connectivity index (χ1) is 18.0. The van der Waals surface area contributed by atoms with Gasteiger partial charge in [0.25, 0.3) is 0 Å². The minimum absolute atomic E-state index is 0.0240. The van der Waals surface area contributed by atoms with Crippen LogP contribution in [0.5, 0.6) is 5.75 Å². The van der Waals surface area contributed by atoms with Gasteiger partial charge in [0.05, 0.1) is 36.5 Å². The van der Waals surface area contributed by atoms with Crippen LogP contribution >= 0.6 is 0 Å². The summed E-state index contributed by atoms with van der Waals surface area (Å²) >= 11 is 0. The number of primary amides is 1. The summed E-state index contributed by atoms with van der Waals surface area (Å²) in [4.78, 5) is 27.5. The lowest BCUT2D eigenvalue weighted by Gasteiger charge is -2.43. The van der Waals surface area contributed by atoms with Crippen LogP contribution in [0.1, 0.15) is 29.7 Å². The van der Waals surface area contributed by atoms with Crippen LogP contribution in [0.25, 0.3) is 0 Å². The maximum atomic E-state index is 13.4. The highest BCUT2D eigenvalue weighted by Crippen LogP contribution is 2.43. The Morgan fingerprint density at radius 1 is 1.16 bits per heavy atom. The van der Waals surface area contributed by atoms with Crippen molar-refractivity contribution in [2.24, 2.45) is 5.73 Å². The van der Waals surface area contributed by atoms with Gasteiger partial charge in [-0.1, -0.05) is 12.1 Å². The highest BCUT2D eigenvalue weighted by atomic mass is 19.4. The Balaban J connectivity index is 2.31. The maximum absolute atomic E-state index is 13.4. The fourth-order valence-corrected chi connectivity index (χ4v) is 4.06. The number of nitriles is 1. The van der Waals surface area contributed by atoms with Crippen LogP contribution in [0.15, 0.2) is 53.7 Å². The van der Waals surface area contributed by atoms with Crippen molar-refractivity contribution in [3.63, 3.8) is 0 Å². The number of guanidine groups is 1. The van der Waals surface area contributed by atoms with E-state index in [2.05, 4.69) is 0 Å². The summed E-state index contributed by atoms with van der Waals surface area (Å²) in [5, 5.41) is 18.1. The highest BCUT2D eigenvalue weighted by Gasteiger charge is 2.45. The van der Waals surface area contributed by atoms with Gasteiger partial charge in [-0.15, -0.1) is 0 Å². The van der Waals surface area contributed by atoms with Crippen LogP contribution in [0.4, 0.5) is 23.7 Å². The molecule has 1 atom stereocenters. The molecule has 200 valence electrons. The second kappa shape index (κ2) is 11.2. The van der Waals surface area contributed by atoms with Crippen molar-refractivity contribution in [3.05, 3.63) is 70.4 Å². The number of alkyl halides is 3. The van der Waals surface area contributed by atoms with Gasteiger partial charge in [0, 0.05) is 24.1 Å². The van der Waals surface area contributed by atoms with Crippen LogP contribution in [0, 0.1) is 16.7 Å². The van der Waals surface area contributed by atoms with E-state index in [9.17, 15) is 28.0 Å². The van der Waals surface area contributed by atoms with Crippen LogP contribution in [-0.4, -0.2) is 50.3 Å². The molecule has 3 N–H and O–H groups in total. The molecule has 10 nitrogen and oxygen atoms in total. The number of ether oxygens (including phenoxy) is 3. The van der Waals surface area contributed by atoms with Gasteiger partial charge in [0.1, 0.15) is 18.4 Å². The number of nitrogens with zero attached hydrogens (tertiary/aromatic N) is 3. The van der Waals surface area contributed by atoms with Crippen LogP contribution in [0.3, 0.4) is 0 Å². The number of nitrogens with one attached hydrogen (secondary N) is 1. The van der Waals surface area contributed by atoms with Crippen molar-refractivity contribution in [2.45, 2.75) is 19.1 Å². The van der Waals surface area contributed by atoms with E-state index < -0.39 is 35.7 Å². The molecule has 2 aromatic rings. The van der Waals surface area contributed by atoms with E-state index in [4.69, 9.17) is 25.4 Å². The molecule has 2 amide bonds. The Hall–Kier alpha value is -4.57. The molecule has 38 heavy (non-hydrogen) atoms. The number of hydrogen-bond donors (Lipinski definition) is 2. The number of esters is 1. The molecule has 0 spiro atoms. The van der Waals surface area contributed by atoms with Gasteiger partial charge in [0.15, 0.2) is 0 Å². The predicted octanol–water partition coefficient (Wildman–Crippen LogP) is 3.93. The standard InChI is InChI=1S/C25H24F3N5O5/c1-14-20(22(34)37-3)21(18-8-7-15(13-29)11-19(18)38-10-9-36-2)33(24(31)35)23(30)32(14)17-6-4-5-16(12-17)25(26,27)28/h4-8,11-12,21,30H,9-10H2,1-3H3,(H2,31,35)/t21-/m1/s1. The fraction of sp³-hybridized carbons (Fsp3) is 0.280. The van der Waals surface area contributed by atoms with E-state index in [1.807, 2.05) is 6.07 Å². The topological polar surface area (TPSA) is 142 Å². The van der Waals surface area contributed by atoms with Gasteiger partial charge < -0.3 is 19.9 Å². The molecule has 0 saturated heterocycles. The van der Waals surface area contributed by atoms with Crippen LogP contribution in [0.2, 0.25) is 0 Å². The molecular weight excluding hydrogens is 507 g/mol. The molecule has 0 aromatic heterocycles. The Bertz CT molecular complexity index is 1340. The van der Waals surface area contributed by atoms with Crippen LogP contribution < -0.4 is 15.4 Å². The third-order valence-corrected chi connectivity index (χ3v) is 5.75. The number of amides is 2. The summed E-state index contributed by atoms with van der Waals surface area (Å²) in [7, 11) is 2.55. The number of methoxy groups -OCH3 is 2. The Kier molecular flexibility index (Phi) is 8.27. The highest BCUT2D eigenvalue weighted by molar-refractivity contribution is 6.10. The summed E-state index contributed by atoms with van der Waals surface area (Å²) in [5.41, 5.74) is 4.77. The molecule has 0 saturated carbocycles. The molecule has 1 heterocycles. The Labute approximate surface area is 216 Å². The number of allylic oxidation sites excluding steroid dienone is 1. The lowest BCUT2D eigenvalue weighted by molar-refractivity contribution is -0.138. The second-order valence-electron chi connectivity index (χ2n) is 8.01. The number of halogens is 3. The molecule has 0 unspecified atom stereocenters. The minimum Gasteiger partial charge on any atom is -0.491 e. The fourth-order valence-electron chi connectivity index (χ4n) is 4.06. The summed E-state index contributed by atoms with van der Waals surface area (Å²) in [6, 6.07) is 7.75. The molecule has 0 fully saturated rings. The van der Waals surface area contributed by atoms with Crippen molar-refractivity contribution >= 4 is 23.6 Å². The van der Waals surface area contributed by atoms with Crippen molar-refractivity contribution < 1.29 is 37.0 Å². The van der Waals surface area contributed by atoms with Gasteiger partial charge in [0.2, 0.25) is 5.96 Å². The summed E-state index contributed by atoms with van der Waals surface area (Å²) < 4.78 is 56.0. The quantitative estimate of drug-likeness (QED) is 0.407. The molecule has 0 aliphatic carbocycles. The summed E-state index contributed by atoms with van der Waals surface area (Å²) in [5.74, 6) is -1.43. The minimum atomic E-state index is -4.68. The maximum Gasteiger partial charge on any atom is 0.416 e. The molecule has 0 bridgehead atoms. The number of carbonyl (C=O) groups is 2. The summed E-state index contributed by atoms with van der Waals surface area (Å²) in [6.07, 6.45) is -4.68. The second-order valence-corrected chi connectivity index (χ2v) is 8.01. The predicted molar refractivity (Wildman–Crippen MR) is 129 cm³/mol. The van der Waals surface area contributed by atoms with E-state index in [-0.39, 0.29) is 47.0 Å². The molecule has 2 aromatic carbocycles. The normalized spacial score (nSPS) is 15.8. The number of hydrogen-bond acceptors (Lipinski definition) is 7. The smallest absolute Gasteiger partial charge is 0.416 e. The average molecular weight is 531 g/mol. The van der Waals surface area contributed by atoms with Gasteiger partial charge >= 0.3 is 18.2 Å². The zero-order valence-corrected chi connectivity index (χ0v) is 20.6. The number of urea groups is 1. The van der Waals surface area contributed by atoms with E-state index in [0.29, 0.717) is 0 Å². The zero-order valence-electron chi connectivity index (χ0n) is 20.6. The third kappa shape index (κ3) is 5.40. The van der Waals surface area contributed by atoms with Gasteiger partial charge in [-0.05, 0) is 37.3 Å². The monoisotopic (exact) mass is 531 g/mol. The molecule has 13 heteroatoms. The number of carbonyl (C=O) groups excluding carboxylic acids is 2. The Morgan fingerprint density at radius 3 is 2.45 bits per heavy atom. The largest absolute Gasteiger partial charge is 0.491 e. The van der Waals surface area contributed by atoms with Crippen molar-refractivity contribution in [2.75, 3.05) is 32.3 Å². The average Bonchev–Trinajstić information content (AvgIpc) is 2.87. The number of rotatable bonds is 7. The van der Waals surface area contributed by atoms with Crippen molar-refractivity contribution in [3.8, 4) is 11.8 Å². The molecule has 1 aliphatic heterocycles. The lowest BCUT2D eigenvalue weighted by Crippen LogP contribution is -2.55. The van der Waals surface area contributed by atoms with Crippen molar-refractivity contribution in [1.82, 2.24) is 4.90 Å². The number of nitrogens with two attached hydrogens (primary N) is 1. The number of benzene rings is 2. The van der Waals surface area contributed by atoms with Gasteiger partial charge in [-0.3, -0.25) is 15.2 Å². The van der Waals surface area contributed by atoms with Gasteiger partial charge in [-0.25, -0.2) is 9.59 Å². The van der Waals surface area contributed by atoms with E-state index in [1.165, 1.54) is 38.3 Å². The van der Waals surface area contributed by atoms with E-state index >= 15 is 0 Å². The first-order valence-electron chi connectivity index (χ1n) is 11.1. The first kappa shape index (κ1) is 28.0. The first-order valence-corrected chi connectivity index (χ1v) is 11.1. The SMILES string of the molecule is COCCOc1cc(C#N)ccc1[C@@H]1C(C(=O)OC)=C(C)N(c2cccc(C(F)(F)F)c2)C(=N)N1C(N)=O. The van der Waals surface area contributed by atoms with E-state index in [1.54, 1.807) is 0 Å². The molecule has 1 aliphatic rings. The molecule has 0 radical (unpaired) electrons. The third-order valence-electron chi connectivity index (χ3n) is 5.75. The van der Waals surface area contributed by atoms with Crippen LogP contribution in [-0.2, 0) is 20.4 Å². The van der Waals surface area contributed by atoms with Gasteiger partial charge in [-0.2, -0.15) is 18.4 Å². The lowest BCUT2D eigenvalue weighted by atomic mass is 9.91.